The first-order valence-electron chi connectivity index (χ1n) is 7.93. The van der Waals surface area contributed by atoms with Crippen LogP contribution in [0.25, 0.3) is 11.6 Å². The summed E-state index contributed by atoms with van der Waals surface area (Å²) in [7, 11) is 0. The molecule has 0 aromatic heterocycles. The van der Waals surface area contributed by atoms with E-state index >= 15 is 0 Å². The van der Waals surface area contributed by atoms with Crippen LogP contribution < -0.4 is 9.64 Å². The van der Waals surface area contributed by atoms with Gasteiger partial charge in [0.15, 0.2) is 0 Å². The Labute approximate surface area is 181 Å². The largest absolute Gasteiger partial charge is 0.489 e. The van der Waals surface area contributed by atoms with Crippen LogP contribution in [0.5, 0.6) is 5.75 Å². The van der Waals surface area contributed by atoms with E-state index in [-0.39, 0.29) is 25.0 Å². The summed E-state index contributed by atoms with van der Waals surface area (Å²) < 4.78 is 7.67. The summed E-state index contributed by atoms with van der Waals surface area (Å²) in [4.78, 5) is 26.0. The third kappa shape index (κ3) is 4.03. The maximum absolute atomic E-state index is 12.8. The fourth-order valence-corrected chi connectivity index (χ4v) is 4.64. The molecule has 0 saturated carbocycles. The van der Waals surface area contributed by atoms with Gasteiger partial charge in [-0.1, -0.05) is 15.9 Å². The first-order valence-corrected chi connectivity index (χ1v) is 10.3. The number of benzene rings is 2. The Morgan fingerprint density at radius 2 is 1.85 bits per heavy atom. The number of carbonyl (C=O) groups is 2. The topological polar surface area (TPSA) is 66.8 Å². The summed E-state index contributed by atoms with van der Waals surface area (Å²) in [5, 5.41) is 8.93. The van der Waals surface area contributed by atoms with Gasteiger partial charge in [0, 0.05) is 17.0 Å². The van der Waals surface area contributed by atoms with E-state index in [1.54, 1.807) is 18.2 Å². The molecule has 0 radical (unpaired) electrons. The summed E-state index contributed by atoms with van der Waals surface area (Å²) in [5.74, 6) is -0.122. The number of anilines is 1. The fraction of sp³-hybridized carbons (Fsp3) is 0.158. The Kier molecular flexibility index (Phi) is 6.20. The van der Waals surface area contributed by atoms with Crippen LogP contribution >= 0.6 is 47.8 Å². The Morgan fingerprint density at radius 1 is 1.19 bits per heavy atom. The van der Waals surface area contributed by atoms with Crippen molar-refractivity contribution in [2.45, 2.75) is 6.92 Å². The number of amides is 2. The molecule has 1 aliphatic heterocycles. The maximum Gasteiger partial charge on any atom is 0.265 e. The van der Waals surface area contributed by atoms with E-state index in [1.165, 1.54) is 11.8 Å². The monoisotopic (exact) mass is 557 g/mol. The highest BCUT2D eigenvalue weighted by Crippen LogP contribution is 2.41. The van der Waals surface area contributed by atoms with Crippen molar-refractivity contribution in [3.05, 3.63) is 54.9 Å². The summed E-state index contributed by atoms with van der Waals surface area (Å²) in [6, 6.07) is 8.99. The molecule has 2 aromatic rings. The van der Waals surface area contributed by atoms with Gasteiger partial charge in [0.2, 0.25) is 5.91 Å². The molecular weight excluding hydrogens is 546 g/mol. The van der Waals surface area contributed by atoms with Gasteiger partial charge in [0.25, 0.3) is 5.91 Å². The lowest BCUT2D eigenvalue weighted by molar-refractivity contribution is -0.122. The highest BCUT2D eigenvalue weighted by molar-refractivity contribution is 9.11. The Morgan fingerprint density at radius 3 is 2.44 bits per heavy atom. The predicted molar refractivity (Wildman–Crippen MR) is 115 cm³/mol. The SMILES string of the molecule is CC(=O)N1C(=O)/C(=C\c2cc(Br)c(OCCO)c(Br)c2)c2cc(Br)ccc21. The minimum Gasteiger partial charge on any atom is -0.489 e. The number of rotatable bonds is 4. The molecule has 8 heteroatoms. The molecule has 0 spiro atoms. The normalized spacial score (nSPS) is 14.6. The molecule has 1 N–H and O–H groups in total. The molecule has 0 saturated heterocycles. The van der Waals surface area contributed by atoms with E-state index in [0.29, 0.717) is 31.5 Å². The summed E-state index contributed by atoms with van der Waals surface area (Å²) in [5.41, 5.74) is 2.45. The third-order valence-corrected chi connectivity index (χ3v) is 5.58. The Hall–Kier alpha value is -1.48. The molecule has 0 atom stereocenters. The fourth-order valence-electron chi connectivity index (χ4n) is 2.83. The van der Waals surface area contributed by atoms with Crippen LogP contribution in [-0.2, 0) is 9.59 Å². The molecular formula is C19H14Br3NO4. The van der Waals surface area contributed by atoms with Crippen molar-refractivity contribution in [2.24, 2.45) is 0 Å². The number of fused-ring (bicyclic) bond motifs is 1. The van der Waals surface area contributed by atoms with Crippen molar-refractivity contribution in [2.75, 3.05) is 18.1 Å². The number of aliphatic hydroxyl groups excluding tert-OH is 1. The highest BCUT2D eigenvalue weighted by Gasteiger charge is 2.35. The average molecular weight is 560 g/mol. The molecule has 0 fully saturated rings. The number of carbonyl (C=O) groups excluding carboxylic acids is 2. The lowest BCUT2D eigenvalue weighted by Crippen LogP contribution is -2.31. The number of aliphatic hydroxyl groups is 1. The molecule has 2 amide bonds. The van der Waals surface area contributed by atoms with Crippen LogP contribution in [0.15, 0.2) is 43.7 Å². The molecule has 5 nitrogen and oxygen atoms in total. The number of hydrogen-bond donors (Lipinski definition) is 1. The van der Waals surface area contributed by atoms with Crippen LogP contribution in [0, 0.1) is 0 Å². The van der Waals surface area contributed by atoms with Crippen LogP contribution in [0.2, 0.25) is 0 Å². The van der Waals surface area contributed by atoms with Crippen LogP contribution in [0.1, 0.15) is 18.1 Å². The van der Waals surface area contributed by atoms with E-state index in [9.17, 15) is 9.59 Å². The second-order valence-electron chi connectivity index (χ2n) is 5.76. The zero-order chi connectivity index (χ0) is 19.7. The second-order valence-corrected chi connectivity index (χ2v) is 8.39. The van der Waals surface area contributed by atoms with Gasteiger partial charge in [0.05, 0.1) is 26.8 Å². The van der Waals surface area contributed by atoms with Crippen molar-refractivity contribution in [3.63, 3.8) is 0 Å². The lowest BCUT2D eigenvalue weighted by atomic mass is 10.0. The summed E-state index contributed by atoms with van der Waals surface area (Å²) in [6.07, 6.45) is 1.74. The molecule has 0 bridgehead atoms. The average Bonchev–Trinajstić information content (AvgIpc) is 2.86. The summed E-state index contributed by atoms with van der Waals surface area (Å²) in [6.45, 7) is 1.45. The van der Waals surface area contributed by atoms with Gasteiger partial charge in [-0.2, -0.15) is 0 Å². The van der Waals surface area contributed by atoms with Crippen LogP contribution in [-0.4, -0.2) is 30.1 Å². The number of ether oxygens (including phenoxy) is 1. The van der Waals surface area contributed by atoms with Gasteiger partial charge < -0.3 is 9.84 Å². The Balaban J connectivity index is 2.09. The van der Waals surface area contributed by atoms with Gasteiger partial charge in [-0.05, 0) is 73.8 Å². The molecule has 1 heterocycles. The molecule has 0 unspecified atom stereocenters. The van der Waals surface area contributed by atoms with Crippen LogP contribution in [0.3, 0.4) is 0 Å². The predicted octanol–water partition coefficient (Wildman–Crippen LogP) is 4.78. The maximum atomic E-state index is 12.8. The van der Waals surface area contributed by atoms with Crippen molar-refractivity contribution in [3.8, 4) is 5.75 Å². The minimum absolute atomic E-state index is 0.0915. The molecule has 3 rings (SSSR count). The van der Waals surface area contributed by atoms with Gasteiger partial charge in [-0.25, -0.2) is 4.90 Å². The lowest BCUT2D eigenvalue weighted by Gasteiger charge is -2.12. The van der Waals surface area contributed by atoms with Crippen molar-refractivity contribution < 1.29 is 19.4 Å². The quantitative estimate of drug-likeness (QED) is 0.548. The van der Waals surface area contributed by atoms with E-state index in [0.717, 1.165) is 10.0 Å². The van der Waals surface area contributed by atoms with Crippen molar-refractivity contribution >= 4 is 76.9 Å². The van der Waals surface area contributed by atoms with E-state index in [2.05, 4.69) is 47.8 Å². The molecule has 2 aromatic carbocycles. The van der Waals surface area contributed by atoms with Gasteiger partial charge in [-0.15, -0.1) is 0 Å². The standard InChI is InChI=1S/C19H14Br3NO4/c1-10(25)23-17-3-2-12(20)9-13(17)14(19(23)26)6-11-7-15(21)18(16(22)8-11)27-5-4-24/h2-3,6-9,24H,4-5H2,1H3/b14-6-. The number of halogens is 3. The molecule has 27 heavy (non-hydrogen) atoms. The Bertz CT molecular complexity index is 948. The zero-order valence-electron chi connectivity index (χ0n) is 14.1. The van der Waals surface area contributed by atoms with E-state index < -0.39 is 0 Å². The second kappa shape index (κ2) is 8.26. The van der Waals surface area contributed by atoms with Gasteiger partial charge in [0.1, 0.15) is 12.4 Å². The van der Waals surface area contributed by atoms with Gasteiger partial charge >= 0.3 is 0 Å². The summed E-state index contributed by atoms with van der Waals surface area (Å²) >= 11 is 10.3. The van der Waals surface area contributed by atoms with Crippen molar-refractivity contribution in [1.82, 2.24) is 0 Å². The molecule has 140 valence electrons. The minimum atomic E-state index is -0.358. The zero-order valence-corrected chi connectivity index (χ0v) is 18.9. The van der Waals surface area contributed by atoms with Crippen molar-refractivity contribution in [1.29, 1.82) is 0 Å². The van der Waals surface area contributed by atoms with Gasteiger partial charge in [-0.3, -0.25) is 9.59 Å². The number of nitrogens with zero attached hydrogens (tertiary/aromatic N) is 1. The van der Waals surface area contributed by atoms with E-state index in [4.69, 9.17) is 9.84 Å². The molecule has 1 aliphatic rings. The first kappa shape index (κ1) is 20.3. The molecule has 0 aliphatic carbocycles. The van der Waals surface area contributed by atoms with E-state index in [1.807, 2.05) is 18.2 Å². The van der Waals surface area contributed by atoms with Crippen LogP contribution in [0.4, 0.5) is 5.69 Å². The number of hydrogen-bond acceptors (Lipinski definition) is 4. The smallest absolute Gasteiger partial charge is 0.265 e. The number of imide groups is 1. The third-order valence-electron chi connectivity index (χ3n) is 3.91. The first-order chi connectivity index (χ1) is 12.8. The highest BCUT2D eigenvalue weighted by atomic mass is 79.9.